The SMILES string of the molecule is C[C@@H](C(=O)NC1CCCC1)N1CCC(O)(c2ccc(Cl)cc2)CC1. The van der Waals surface area contributed by atoms with Gasteiger partial charge in [-0.1, -0.05) is 36.6 Å². The highest BCUT2D eigenvalue weighted by Crippen LogP contribution is 2.34. The highest BCUT2D eigenvalue weighted by molar-refractivity contribution is 6.30. The van der Waals surface area contributed by atoms with Gasteiger partial charge in [0.2, 0.25) is 5.91 Å². The van der Waals surface area contributed by atoms with Crippen molar-refractivity contribution < 1.29 is 9.90 Å². The van der Waals surface area contributed by atoms with Crippen LogP contribution < -0.4 is 5.32 Å². The number of carbonyl (C=O) groups is 1. The second-order valence-corrected chi connectivity index (χ2v) is 7.68. The topological polar surface area (TPSA) is 52.6 Å². The van der Waals surface area contributed by atoms with Crippen LogP contribution in [0.5, 0.6) is 0 Å². The molecule has 0 bridgehead atoms. The largest absolute Gasteiger partial charge is 0.385 e. The number of rotatable bonds is 4. The number of nitrogens with zero attached hydrogens (tertiary/aromatic N) is 1. The summed E-state index contributed by atoms with van der Waals surface area (Å²) in [4.78, 5) is 14.6. The number of hydrogen-bond donors (Lipinski definition) is 2. The second-order valence-electron chi connectivity index (χ2n) is 7.24. The smallest absolute Gasteiger partial charge is 0.237 e. The number of aliphatic hydroxyl groups is 1. The number of halogens is 1. The Morgan fingerprint density at radius 1 is 1.25 bits per heavy atom. The van der Waals surface area contributed by atoms with E-state index in [0.717, 1.165) is 31.5 Å². The fourth-order valence-corrected chi connectivity index (χ4v) is 4.01. The molecular formula is C19H27ClN2O2. The molecule has 2 aliphatic rings. The van der Waals surface area contributed by atoms with Crippen LogP contribution in [-0.4, -0.2) is 41.1 Å². The number of nitrogens with one attached hydrogen (secondary N) is 1. The van der Waals surface area contributed by atoms with Gasteiger partial charge in [0.25, 0.3) is 0 Å². The van der Waals surface area contributed by atoms with Gasteiger partial charge in [0, 0.05) is 24.2 Å². The number of benzene rings is 1. The Morgan fingerprint density at radius 3 is 2.42 bits per heavy atom. The summed E-state index contributed by atoms with van der Waals surface area (Å²) in [6, 6.07) is 7.65. The van der Waals surface area contributed by atoms with Gasteiger partial charge in [-0.2, -0.15) is 0 Å². The van der Waals surface area contributed by atoms with Crippen LogP contribution in [0.1, 0.15) is 51.0 Å². The van der Waals surface area contributed by atoms with Crippen molar-refractivity contribution >= 4 is 17.5 Å². The highest BCUT2D eigenvalue weighted by atomic mass is 35.5. The number of likely N-dealkylation sites (tertiary alicyclic amines) is 1. The number of hydrogen-bond acceptors (Lipinski definition) is 3. The molecule has 1 saturated heterocycles. The Labute approximate surface area is 149 Å². The van der Waals surface area contributed by atoms with Crippen LogP contribution in [0, 0.1) is 0 Å². The van der Waals surface area contributed by atoms with E-state index < -0.39 is 5.60 Å². The Balaban J connectivity index is 1.55. The highest BCUT2D eigenvalue weighted by Gasteiger charge is 2.36. The molecule has 0 spiro atoms. The maximum absolute atomic E-state index is 12.4. The molecule has 1 saturated carbocycles. The van der Waals surface area contributed by atoms with Crippen molar-refractivity contribution in [3.63, 3.8) is 0 Å². The van der Waals surface area contributed by atoms with Gasteiger partial charge >= 0.3 is 0 Å². The molecular weight excluding hydrogens is 324 g/mol. The summed E-state index contributed by atoms with van der Waals surface area (Å²) in [6.45, 7) is 3.41. The number of carbonyl (C=O) groups excluding carboxylic acids is 1. The Morgan fingerprint density at radius 2 is 1.83 bits per heavy atom. The minimum Gasteiger partial charge on any atom is -0.385 e. The predicted molar refractivity (Wildman–Crippen MR) is 96.0 cm³/mol. The third-order valence-electron chi connectivity index (χ3n) is 5.64. The molecule has 3 rings (SSSR count). The second kappa shape index (κ2) is 7.42. The lowest BCUT2D eigenvalue weighted by atomic mass is 9.84. The van der Waals surface area contributed by atoms with Crippen LogP contribution in [0.4, 0.5) is 0 Å². The predicted octanol–water partition coefficient (Wildman–Crippen LogP) is 3.07. The van der Waals surface area contributed by atoms with Crippen LogP contribution in [0.15, 0.2) is 24.3 Å². The number of amides is 1. The maximum atomic E-state index is 12.4. The molecule has 5 heteroatoms. The molecule has 1 aliphatic heterocycles. The van der Waals surface area contributed by atoms with Crippen molar-refractivity contribution in [2.45, 2.75) is 63.1 Å². The average molecular weight is 351 g/mol. The zero-order valence-corrected chi connectivity index (χ0v) is 15.1. The lowest BCUT2D eigenvalue weighted by Gasteiger charge is -2.40. The summed E-state index contributed by atoms with van der Waals surface area (Å²) < 4.78 is 0. The van der Waals surface area contributed by atoms with Crippen molar-refractivity contribution in [1.82, 2.24) is 10.2 Å². The van der Waals surface area contributed by atoms with E-state index in [-0.39, 0.29) is 11.9 Å². The molecule has 1 atom stereocenters. The van der Waals surface area contributed by atoms with Gasteiger partial charge in [0.05, 0.1) is 11.6 Å². The summed E-state index contributed by atoms with van der Waals surface area (Å²) >= 11 is 5.93. The minimum atomic E-state index is -0.817. The van der Waals surface area contributed by atoms with Crippen molar-refractivity contribution in [3.8, 4) is 0 Å². The average Bonchev–Trinajstić information content (AvgIpc) is 3.08. The van der Waals surface area contributed by atoms with Gasteiger partial charge in [-0.15, -0.1) is 0 Å². The van der Waals surface area contributed by atoms with Gasteiger partial charge < -0.3 is 10.4 Å². The molecule has 2 fully saturated rings. The van der Waals surface area contributed by atoms with Crippen molar-refractivity contribution in [1.29, 1.82) is 0 Å². The summed E-state index contributed by atoms with van der Waals surface area (Å²) in [6.07, 6.45) is 5.92. The van der Waals surface area contributed by atoms with Crippen LogP contribution >= 0.6 is 11.6 Å². The van der Waals surface area contributed by atoms with E-state index >= 15 is 0 Å². The monoisotopic (exact) mass is 350 g/mol. The van der Waals surface area contributed by atoms with E-state index in [4.69, 9.17) is 11.6 Å². The van der Waals surface area contributed by atoms with E-state index in [2.05, 4.69) is 10.2 Å². The van der Waals surface area contributed by atoms with Gasteiger partial charge in [-0.05, 0) is 50.3 Å². The summed E-state index contributed by atoms with van der Waals surface area (Å²) in [5, 5.41) is 14.8. The molecule has 1 aliphatic carbocycles. The summed E-state index contributed by atoms with van der Waals surface area (Å²) in [5.74, 6) is 0.124. The van der Waals surface area contributed by atoms with Crippen LogP contribution in [0.2, 0.25) is 5.02 Å². The van der Waals surface area contributed by atoms with E-state index in [1.165, 1.54) is 12.8 Å². The van der Waals surface area contributed by atoms with E-state index in [1.807, 2.05) is 31.2 Å². The fraction of sp³-hybridized carbons (Fsp3) is 0.632. The quantitative estimate of drug-likeness (QED) is 0.877. The lowest BCUT2D eigenvalue weighted by molar-refractivity contribution is -0.128. The first-order valence-electron chi connectivity index (χ1n) is 9.01. The first kappa shape index (κ1) is 17.7. The zero-order chi connectivity index (χ0) is 17.2. The van der Waals surface area contributed by atoms with Crippen LogP contribution in [0.25, 0.3) is 0 Å². The molecule has 2 N–H and O–H groups in total. The fourth-order valence-electron chi connectivity index (χ4n) is 3.89. The van der Waals surface area contributed by atoms with Crippen molar-refractivity contribution in [3.05, 3.63) is 34.9 Å². The molecule has 4 nitrogen and oxygen atoms in total. The normalized spacial score (nSPS) is 23.1. The molecule has 1 amide bonds. The summed E-state index contributed by atoms with van der Waals surface area (Å²) in [7, 11) is 0. The van der Waals surface area contributed by atoms with Crippen LogP contribution in [-0.2, 0) is 10.4 Å². The molecule has 0 radical (unpaired) electrons. The zero-order valence-electron chi connectivity index (χ0n) is 14.3. The minimum absolute atomic E-state index is 0.124. The molecule has 0 unspecified atom stereocenters. The molecule has 1 heterocycles. The van der Waals surface area contributed by atoms with Crippen molar-refractivity contribution in [2.24, 2.45) is 0 Å². The van der Waals surface area contributed by atoms with Crippen LogP contribution in [0.3, 0.4) is 0 Å². The molecule has 1 aromatic rings. The third kappa shape index (κ3) is 3.93. The van der Waals surface area contributed by atoms with E-state index in [1.54, 1.807) is 0 Å². The first-order chi connectivity index (χ1) is 11.5. The third-order valence-corrected chi connectivity index (χ3v) is 5.89. The van der Waals surface area contributed by atoms with Gasteiger partial charge in [-0.3, -0.25) is 9.69 Å². The van der Waals surface area contributed by atoms with Gasteiger partial charge in [0.1, 0.15) is 0 Å². The molecule has 0 aromatic heterocycles. The van der Waals surface area contributed by atoms with Crippen molar-refractivity contribution in [2.75, 3.05) is 13.1 Å². The molecule has 1 aromatic carbocycles. The Kier molecular flexibility index (Phi) is 5.48. The maximum Gasteiger partial charge on any atom is 0.237 e. The summed E-state index contributed by atoms with van der Waals surface area (Å²) in [5.41, 5.74) is 0.0949. The lowest BCUT2D eigenvalue weighted by Crippen LogP contribution is -2.52. The number of piperidine rings is 1. The van der Waals surface area contributed by atoms with E-state index in [9.17, 15) is 9.90 Å². The molecule has 24 heavy (non-hydrogen) atoms. The van der Waals surface area contributed by atoms with Gasteiger partial charge in [-0.25, -0.2) is 0 Å². The standard InChI is InChI=1S/C19H27ClN2O2/c1-14(18(23)21-17-4-2-3-5-17)22-12-10-19(24,11-13-22)15-6-8-16(20)9-7-15/h6-9,14,17,24H,2-5,10-13H2,1H3,(H,21,23)/t14-/m0/s1. The molecule has 132 valence electrons. The van der Waals surface area contributed by atoms with E-state index in [0.29, 0.717) is 23.9 Å². The Hall–Kier alpha value is -1.10. The Bertz CT molecular complexity index is 561. The van der Waals surface area contributed by atoms with Gasteiger partial charge in [0.15, 0.2) is 0 Å². The first-order valence-corrected chi connectivity index (χ1v) is 9.39.